The van der Waals surface area contributed by atoms with Crippen LogP contribution >= 0.6 is 22.9 Å². The molecule has 2 heterocycles. The number of halogens is 1. The lowest BCUT2D eigenvalue weighted by atomic mass is 9.95. The fraction of sp³-hybridized carbons (Fsp3) is 0.259. The number of esters is 2. The van der Waals surface area contributed by atoms with Gasteiger partial charge in [0.2, 0.25) is 0 Å². The largest absolute Gasteiger partial charge is 0.490 e. The normalized spacial score (nSPS) is 15.2. The zero-order valence-corrected chi connectivity index (χ0v) is 22.3. The van der Waals surface area contributed by atoms with Gasteiger partial charge in [-0.1, -0.05) is 47.2 Å². The highest BCUT2D eigenvalue weighted by atomic mass is 35.5. The van der Waals surface area contributed by atoms with Crippen molar-refractivity contribution in [3.63, 3.8) is 0 Å². The summed E-state index contributed by atoms with van der Waals surface area (Å²) >= 11 is 7.52. The minimum Gasteiger partial charge on any atom is -0.490 e. The Morgan fingerprint density at radius 3 is 2.57 bits per heavy atom. The van der Waals surface area contributed by atoms with Crippen LogP contribution < -0.4 is 24.4 Å². The number of nitrogens with zero attached hydrogens (tertiary/aromatic N) is 2. The van der Waals surface area contributed by atoms with Crippen molar-refractivity contribution in [1.82, 2.24) is 4.57 Å². The van der Waals surface area contributed by atoms with E-state index < -0.39 is 18.0 Å². The number of hydrogen-bond acceptors (Lipinski definition) is 8. The number of ether oxygens (including phenoxy) is 3. The number of allylic oxidation sites excluding steroid dienone is 1. The Bertz CT molecular complexity index is 1590. The number of hydrogen-bond donors (Lipinski definition) is 0. The highest BCUT2D eigenvalue weighted by molar-refractivity contribution is 7.07. The molecule has 0 N–H and O–H groups in total. The summed E-state index contributed by atoms with van der Waals surface area (Å²) in [5.74, 6) is -0.519. The lowest BCUT2D eigenvalue weighted by Crippen LogP contribution is -2.40. The SMILES string of the molecule is CCOC(=O)C1=C(C)N=c2sc(=Cc3ccccc3Cl)c(=O)n2C1c1ccc(OC(C)=O)c(OCC)c1. The molecular weight excluding hydrogens is 516 g/mol. The Hall–Kier alpha value is -3.69. The first-order chi connectivity index (χ1) is 17.7. The zero-order chi connectivity index (χ0) is 26.7. The standard InChI is InChI=1S/C27H25ClN2O6S/c1-5-34-21-13-18(11-12-20(21)36-16(4)31)24-23(26(33)35-6-2)15(3)29-27-30(24)25(32)22(37-27)14-17-9-7-8-10-19(17)28/h7-14,24H,5-6H2,1-4H3. The van der Waals surface area contributed by atoms with Crippen LogP contribution in [-0.2, 0) is 14.3 Å². The van der Waals surface area contributed by atoms with Gasteiger partial charge in [-0.15, -0.1) is 0 Å². The molecule has 0 saturated heterocycles. The van der Waals surface area contributed by atoms with Gasteiger partial charge in [0, 0.05) is 11.9 Å². The molecule has 0 aliphatic carbocycles. The molecule has 10 heteroatoms. The van der Waals surface area contributed by atoms with E-state index in [4.69, 9.17) is 25.8 Å². The van der Waals surface area contributed by atoms with E-state index in [-0.39, 0.29) is 23.5 Å². The average molecular weight is 541 g/mol. The maximum atomic E-state index is 13.7. The molecule has 8 nitrogen and oxygen atoms in total. The second-order valence-electron chi connectivity index (χ2n) is 8.06. The lowest BCUT2D eigenvalue weighted by Gasteiger charge is -2.25. The summed E-state index contributed by atoms with van der Waals surface area (Å²) in [6.07, 6.45) is 1.71. The van der Waals surface area contributed by atoms with Crippen molar-refractivity contribution in [3.8, 4) is 11.5 Å². The summed E-state index contributed by atoms with van der Waals surface area (Å²) < 4.78 is 18.2. The minimum absolute atomic E-state index is 0.162. The first-order valence-corrected chi connectivity index (χ1v) is 12.8. The van der Waals surface area contributed by atoms with Crippen LogP contribution in [0, 0.1) is 0 Å². The van der Waals surface area contributed by atoms with Crippen molar-refractivity contribution >= 4 is 41.0 Å². The fourth-order valence-corrected chi connectivity index (χ4v) is 5.27. The molecule has 0 amide bonds. The molecule has 1 aliphatic rings. The van der Waals surface area contributed by atoms with Crippen LogP contribution in [-0.4, -0.2) is 29.7 Å². The number of fused-ring (bicyclic) bond motifs is 1. The van der Waals surface area contributed by atoms with E-state index in [1.807, 2.05) is 18.2 Å². The van der Waals surface area contributed by atoms with E-state index in [1.54, 1.807) is 51.1 Å². The van der Waals surface area contributed by atoms with Gasteiger partial charge in [-0.25, -0.2) is 9.79 Å². The van der Waals surface area contributed by atoms with Gasteiger partial charge in [0.25, 0.3) is 5.56 Å². The Morgan fingerprint density at radius 1 is 1.14 bits per heavy atom. The quantitative estimate of drug-likeness (QED) is 0.334. The first-order valence-electron chi connectivity index (χ1n) is 11.6. The van der Waals surface area contributed by atoms with Crippen LogP contribution in [0.3, 0.4) is 0 Å². The highest BCUT2D eigenvalue weighted by Gasteiger charge is 2.34. The monoisotopic (exact) mass is 540 g/mol. The van der Waals surface area contributed by atoms with Crippen molar-refractivity contribution < 1.29 is 23.8 Å². The Morgan fingerprint density at radius 2 is 1.89 bits per heavy atom. The van der Waals surface area contributed by atoms with E-state index in [0.29, 0.717) is 43.5 Å². The third-order valence-corrected chi connectivity index (χ3v) is 6.87. The molecule has 0 fully saturated rings. The van der Waals surface area contributed by atoms with Crippen molar-refractivity contribution in [2.24, 2.45) is 4.99 Å². The van der Waals surface area contributed by atoms with Crippen LogP contribution in [0.1, 0.15) is 44.9 Å². The van der Waals surface area contributed by atoms with E-state index in [0.717, 1.165) is 0 Å². The topological polar surface area (TPSA) is 96.2 Å². The van der Waals surface area contributed by atoms with E-state index in [9.17, 15) is 14.4 Å². The summed E-state index contributed by atoms with van der Waals surface area (Å²) in [4.78, 5) is 43.4. The maximum Gasteiger partial charge on any atom is 0.338 e. The Kier molecular flexibility index (Phi) is 7.94. The summed E-state index contributed by atoms with van der Waals surface area (Å²) in [6.45, 7) is 7.00. The molecule has 37 heavy (non-hydrogen) atoms. The number of thiazole rings is 1. The van der Waals surface area contributed by atoms with Gasteiger partial charge < -0.3 is 14.2 Å². The molecule has 192 valence electrons. The van der Waals surface area contributed by atoms with Crippen molar-refractivity contribution in [2.75, 3.05) is 13.2 Å². The lowest BCUT2D eigenvalue weighted by molar-refractivity contribution is -0.139. The van der Waals surface area contributed by atoms with Gasteiger partial charge in [0.15, 0.2) is 16.3 Å². The number of aromatic nitrogens is 1. The smallest absolute Gasteiger partial charge is 0.338 e. The van der Waals surface area contributed by atoms with E-state index in [1.165, 1.54) is 22.8 Å². The summed E-state index contributed by atoms with van der Waals surface area (Å²) in [7, 11) is 0. The van der Waals surface area contributed by atoms with Gasteiger partial charge in [-0.3, -0.25) is 14.2 Å². The average Bonchev–Trinajstić information content (AvgIpc) is 3.15. The Labute approximate surface area is 222 Å². The third-order valence-electron chi connectivity index (χ3n) is 5.55. The predicted molar refractivity (Wildman–Crippen MR) is 141 cm³/mol. The van der Waals surface area contributed by atoms with Gasteiger partial charge >= 0.3 is 11.9 Å². The molecule has 1 aromatic heterocycles. The first kappa shape index (κ1) is 26.4. The maximum absolute atomic E-state index is 13.7. The summed E-state index contributed by atoms with van der Waals surface area (Å²) in [5.41, 5.74) is 1.61. The molecule has 0 radical (unpaired) electrons. The Balaban J connectivity index is 1.97. The minimum atomic E-state index is -0.839. The molecule has 3 aromatic rings. The van der Waals surface area contributed by atoms with Gasteiger partial charge in [-0.2, -0.15) is 0 Å². The fourth-order valence-electron chi connectivity index (χ4n) is 4.04. The van der Waals surface area contributed by atoms with Gasteiger partial charge in [-0.05, 0) is 56.2 Å². The molecule has 1 aliphatic heterocycles. The van der Waals surface area contributed by atoms with E-state index in [2.05, 4.69) is 4.99 Å². The molecule has 1 atom stereocenters. The third kappa shape index (κ3) is 5.38. The molecule has 2 aromatic carbocycles. The van der Waals surface area contributed by atoms with Crippen LogP contribution in [0.25, 0.3) is 6.08 Å². The van der Waals surface area contributed by atoms with Gasteiger partial charge in [0.1, 0.15) is 0 Å². The highest BCUT2D eigenvalue weighted by Crippen LogP contribution is 2.36. The number of benzene rings is 2. The zero-order valence-electron chi connectivity index (χ0n) is 20.7. The second kappa shape index (κ2) is 11.1. The predicted octanol–water partition coefficient (Wildman–Crippen LogP) is 3.78. The van der Waals surface area contributed by atoms with Crippen LogP contribution in [0.2, 0.25) is 5.02 Å². The second-order valence-corrected chi connectivity index (χ2v) is 9.47. The number of rotatable bonds is 7. The van der Waals surface area contributed by atoms with Crippen LogP contribution in [0.5, 0.6) is 11.5 Å². The molecule has 0 bridgehead atoms. The van der Waals surface area contributed by atoms with Crippen molar-refractivity contribution in [1.29, 1.82) is 0 Å². The summed E-state index contributed by atoms with van der Waals surface area (Å²) in [5, 5.41) is 0.510. The molecule has 0 spiro atoms. The molecule has 4 rings (SSSR count). The molecule has 1 unspecified atom stereocenters. The summed E-state index contributed by atoms with van der Waals surface area (Å²) in [6, 6.07) is 11.3. The molecular formula is C27H25ClN2O6S. The number of carbonyl (C=O) groups excluding carboxylic acids is 2. The van der Waals surface area contributed by atoms with Crippen LogP contribution in [0.15, 0.2) is 63.5 Å². The van der Waals surface area contributed by atoms with Crippen molar-refractivity contribution in [2.45, 2.75) is 33.7 Å². The van der Waals surface area contributed by atoms with Gasteiger partial charge in [0.05, 0.1) is 35.1 Å². The van der Waals surface area contributed by atoms with Crippen LogP contribution in [0.4, 0.5) is 0 Å². The van der Waals surface area contributed by atoms with Crippen molar-refractivity contribution in [3.05, 3.63) is 89.6 Å². The molecule has 0 saturated carbocycles. The van der Waals surface area contributed by atoms with E-state index >= 15 is 0 Å². The number of carbonyl (C=O) groups is 2.